The first-order valence-electron chi connectivity index (χ1n) is 9.77. The number of hydrogen-bond acceptors (Lipinski definition) is 4. The predicted molar refractivity (Wildman–Crippen MR) is 103 cm³/mol. The summed E-state index contributed by atoms with van der Waals surface area (Å²) in [4.78, 5) is 0. The molecule has 0 aliphatic heterocycles. The second-order valence-electron chi connectivity index (χ2n) is 7.07. The van der Waals surface area contributed by atoms with Crippen molar-refractivity contribution in [1.29, 1.82) is 0 Å². The third-order valence-electron chi connectivity index (χ3n) is 4.40. The lowest BCUT2D eigenvalue weighted by Gasteiger charge is -2.35. The molecule has 1 N–H and O–H groups in total. The molecule has 0 aromatic rings. The Bertz CT molecular complexity index is 402. The van der Waals surface area contributed by atoms with Gasteiger partial charge in [-0.3, -0.25) is 4.55 Å². The van der Waals surface area contributed by atoms with E-state index in [9.17, 15) is 8.42 Å². The minimum absolute atomic E-state index is 0.145. The topological polar surface area (TPSA) is 72.8 Å². The number of nitrogens with zero attached hydrogens (tertiary/aromatic N) is 1. The maximum absolute atomic E-state index is 10.8. The van der Waals surface area contributed by atoms with Crippen LogP contribution in [0.25, 0.3) is 0 Å². The van der Waals surface area contributed by atoms with Gasteiger partial charge in [0.2, 0.25) is 0 Å². The average molecular weight is 383 g/mol. The summed E-state index contributed by atoms with van der Waals surface area (Å²) in [7, 11) is -1.63. The number of rotatable bonds is 18. The van der Waals surface area contributed by atoms with Gasteiger partial charge in [0.25, 0.3) is 10.1 Å². The highest BCUT2D eigenvalue weighted by atomic mass is 32.2. The standard InChI is InChI=1S/C18H39NO5S/c1-4-6-7-8-11-19(3,12-9-10-18-25(20,21)22)13-15-24-17-16-23-14-5-2/h4-18H2,1-3H3/p+1. The Hall–Kier alpha value is -0.210. The van der Waals surface area contributed by atoms with E-state index in [0.29, 0.717) is 26.2 Å². The normalized spacial score (nSPS) is 14.6. The van der Waals surface area contributed by atoms with Crippen LogP contribution in [0.4, 0.5) is 0 Å². The quantitative estimate of drug-likeness (QED) is 0.224. The lowest BCUT2D eigenvalue weighted by molar-refractivity contribution is -0.910. The molecule has 0 saturated heterocycles. The first-order valence-corrected chi connectivity index (χ1v) is 11.4. The molecule has 0 aromatic heterocycles. The van der Waals surface area contributed by atoms with E-state index in [4.69, 9.17) is 14.0 Å². The van der Waals surface area contributed by atoms with E-state index in [1.165, 1.54) is 25.7 Å². The molecule has 0 saturated carbocycles. The van der Waals surface area contributed by atoms with Crippen molar-refractivity contribution in [3.05, 3.63) is 0 Å². The van der Waals surface area contributed by atoms with Crippen LogP contribution in [0.2, 0.25) is 0 Å². The molecule has 1 atom stereocenters. The maximum atomic E-state index is 10.8. The molecule has 0 fully saturated rings. The molecule has 1 unspecified atom stereocenters. The van der Waals surface area contributed by atoms with Crippen LogP contribution in [0.15, 0.2) is 0 Å². The van der Waals surface area contributed by atoms with Gasteiger partial charge in [0.05, 0.1) is 45.7 Å². The highest BCUT2D eigenvalue weighted by Crippen LogP contribution is 2.11. The summed E-state index contributed by atoms with van der Waals surface area (Å²) in [6.07, 6.45) is 7.23. The van der Waals surface area contributed by atoms with Crippen LogP contribution in [0.5, 0.6) is 0 Å². The molecule has 0 aliphatic rings. The van der Waals surface area contributed by atoms with Crippen LogP contribution >= 0.6 is 0 Å². The molecule has 7 heteroatoms. The van der Waals surface area contributed by atoms with Crippen LogP contribution in [0.3, 0.4) is 0 Å². The summed E-state index contributed by atoms with van der Waals surface area (Å²) in [5.74, 6) is -0.145. The van der Waals surface area contributed by atoms with Gasteiger partial charge in [-0.1, -0.05) is 26.7 Å². The first-order chi connectivity index (χ1) is 11.8. The van der Waals surface area contributed by atoms with E-state index < -0.39 is 10.1 Å². The molecule has 0 amide bonds. The van der Waals surface area contributed by atoms with E-state index in [1.807, 2.05) is 0 Å². The molecule has 0 rings (SSSR count). The Labute approximate surface area is 155 Å². The fraction of sp³-hybridized carbons (Fsp3) is 1.00. The lowest BCUT2D eigenvalue weighted by Crippen LogP contribution is -2.48. The van der Waals surface area contributed by atoms with Gasteiger partial charge in [0.1, 0.15) is 6.54 Å². The smallest absolute Gasteiger partial charge is 0.264 e. The Morgan fingerprint density at radius 3 is 1.92 bits per heavy atom. The van der Waals surface area contributed by atoms with E-state index in [1.54, 1.807) is 0 Å². The van der Waals surface area contributed by atoms with Crippen molar-refractivity contribution >= 4 is 10.1 Å². The van der Waals surface area contributed by atoms with Crippen molar-refractivity contribution in [3.63, 3.8) is 0 Å². The zero-order valence-electron chi connectivity index (χ0n) is 16.5. The summed E-state index contributed by atoms with van der Waals surface area (Å²) >= 11 is 0. The average Bonchev–Trinajstić information content (AvgIpc) is 2.54. The van der Waals surface area contributed by atoms with Crippen molar-refractivity contribution < 1.29 is 26.9 Å². The van der Waals surface area contributed by atoms with E-state index >= 15 is 0 Å². The fourth-order valence-corrected chi connectivity index (χ4v) is 3.35. The van der Waals surface area contributed by atoms with Crippen LogP contribution in [-0.4, -0.2) is 76.3 Å². The van der Waals surface area contributed by atoms with E-state index in [0.717, 1.165) is 43.6 Å². The molecule has 152 valence electrons. The molecule has 0 aromatic carbocycles. The summed E-state index contributed by atoms with van der Waals surface area (Å²) in [6.45, 7) is 9.95. The Kier molecular flexibility index (Phi) is 14.8. The van der Waals surface area contributed by atoms with Gasteiger partial charge in [-0.05, 0) is 32.1 Å². The molecule has 0 aliphatic carbocycles. The maximum Gasteiger partial charge on any atom is 0.264 e. The Morgan fingerprint density at radius 2 is 1.36 bits per heavy atom. The highest BCUT2D eigenvalue weighted by Gasteiger charge is 2.21. The van der Waals surface area contributed by atoms with Crippen molar-refractivity contribution in [2.45, 2.75) is 58.8 Å². The summed E-state index contributed by atoms with van der Waals surface area (Å²) in [5, 5.41) is 0. The molecule has 0 radical (unpaired) electrons. The highest BCUT2D eigenvalue weighted by molar-refractivity contribution is 7.85. The second-order valence-corrected chi connectivity index (χ2v) is 8.64. The number of quaternary nitrogens is 1. The largest absolute Gasteiger partial charge is 0.379 e. The van der Waals surface area contributed by atoms with Gasteiger partial charge in [0, 0.05) is 6.61 Å². The van der Waals surface area contributed by atoms with Gasteiger partial charge in [-0.2, -0.15) is 8.42 Å². The van der Waals surface area contributed by atoms with E-state index in [-0.39, 0.29) is 5.75 Å². The SMILES string of the molecule is CCCCCC[N+](C)(CCCCS(=O)(=O)O)CCOCCOCCC. The van der Waals surface area contributed by atoms with Gasteiger partial charge in [0.15, 0.2) is 0 Å². The summed E-state index contributed by atoms with van der Waals surface area (Å²) in [5.41, 5.74) is 0. The van der Waals surface area contributed by atoms with Gasteiger partial charge in [-0.25, -0.2) is 0 Å². The number of unbranched alkanes of at least 4 members (excludes halogenated alkanes) is 4. The zero-order chi connectivity index (χ0) is 19.0. The fourth-order valence-electron chi connectivity index (χ4n) is 2.78. The Balaban J connectivity index is 4.13. The number of hydrogen-bond donors (Lipinski definition) is 1. The molecule has 0 heterocycles. The molecule has 0 spiro atoms. The molecular formula is C18H40NO5S+. The van der Waals surface area contributed by atoms with Crippen LogP contribution < -0.4 is 0 Å². The van der Waals surface area contributed by atoms with Crippen molar-refractivity contribution in [3.8, 4) is 0 Å². The Morgan fingerprint density at radius 1 is 0.760 bits per heavy atom. The first kappa shape index (κ1) is 24.8. The van der Waals surface area contributed by atoms with Gasteiger partial charge < -0.3 is 14.0 Å². The number of likely N-dealkylation sites (N-methyl/N-ethyl adjacent to an activating group) is 1. The molecular weight excluding hydrogens is 342 g/mol. The third-order valence-corrected chi connectivity index (χ3v) is 5.20. The van der Waals surface area contributed by atoms with Crippen LogP contribution in [0.1, 0.15) is 58.8 Å². The van der Waals surface area contributed by atoms with Crippen molar-refractivity contribution in [1.82, 2.24) is 0 Å². The van der Waals surface area contributed by atoms with Gasteiger partial charge in [-0.15, -0.1) is 0 Å². The lowest BCUT2D eigenvalue weighted by atomic mass is 10.1. The third kappa shape index (κ3) is 17.0. The van der Waals surface area contributed by atoms with Crippen LogP contribution in [-0.2, 0) is 19.6 Å². The zero-order valence-corrected chi connectivity index (χ0v) is 17.4. The second kappa shape index (κ2) is 14.9. The summed E-state index contributed by atoms with van der Waals surface area (Å²) in [6, 6.07) is 0. The molecule has 0 bridgehead atoms. The monoisotopic (exact) mass is 382 g/mol. The number of ether oxygens (including phenoxy) is 2. The summed E-state index contributed by atoms with van der Waals surface area (Å²) < 4.78 is 42.5. The molecule has 25 heavy (non-hydrogen) atoms. The predicted octanol–water partition coefficient (Wildman–Crippen LogP) is 3.12. The van der Waals surface area contributed by atoms with Crippen molar-refractivity contribution in [2.75, 3.05) is 58.9 Å². The van der Waals surface area contributed by atoms with Gasteiger partial charge >= 0.3 is 0 Å². The molecule has 6 nitrogen and oxygen atoms in total. The van der Waals surface area contributed by atoms with Crippen molar-refractivity contribution in [2.24, 2.45) is 0 Å². The van der Waals surface area contributed by atoms with Crippen LogP contribution in [0, 0.1) is 0 Å². The van der Waals surface area contributed by atoms with E-state index in [2.05, 4.69) is 20.9 Å². The minimum Gasteiger partial charge on any atom is -0.379 e. The minimum atomic E-state index is -3.84.